The van der Waals surface area contributed by atoms with Crippen molar-refractivity contribution in [1.29, 1.82) is 0 Å². The number of terminal acetylenes is 1. The molecule has 0 N–H and O–H groups in total. The zero-order valence-electron chi connectivity index (χ0n) is 14.5. The fraction of sp³-hybridized carbons (Fsp3) is 0.158. The molecule has 3 rings (SSSR count). The third kappa shape index (κ3) is 3.63. The molecular formula is C19H14ClN3O3S. The first-order chi connectivity index (χ1) is 12.8. The van der Waals surface area contributed by atoms with Gasteiger partial charge in [0.15, 0.2) is 4.80 Å². The van der Waals surface area contributed by atoms with Crippen LogP contribution in [0.25, 0.3) is 10.2 Å². The molecule has 1 heterocycles. The maximum atomic E-state index is 12.7. The number of nitro benzene ring substituents is 1. The van der Waals surface area contributed by atoms with Crippen LogP contribution >= 0.6 is 22.9 Å². The fourth-order valence-corrected chi connectivity index (χ4v) is 3.92. The molecule has 0 atom stereocenters. The Morgan fingerprint density at radius 1 is 1.33 bits per heavy atom. The van der Waals surface area contributed by atoms with E-state index in [0.717, 1.165) is 21.3 Å². The summed E-state index contributed by atoms with van der Waals surface area (Å²) in [6, 6.07) is 7.80. The molecule has 0 spiro atoms. The molecule has 0 bridgehead atoms. The van der Waals surface area contributed by atoms with Crippen molar-refractivity contribution >= 4 is 44.7 Å². The minimum Gasteiger partial charge on any atom is -0.305 e. The summed E-state index contributed by atoms with van der Waals surface area (Å²) in [5.74, 6) is 1.82. The van der Waals surface area contributed by atoms with Crippen molar-refractivity contribution in [1.82, 2.24) is 4.57 Å². The van der Waals surface area contributed by atoms with Crippen molar-refractivity contribution < 1.29 is 9.72 Å². The Balaban J connectivity index is 2.23. The Morgan fingerprint density at radius 3 is 2.70 bits per heavy atom. The zero-order valence-corrected chi connectivity index (χ0v) is 16.1. The topological polar surface area (TPSA) is 77.5 Å². The summed E-state index contributed by atoms with van der Waals surface area (Å²) in [7, 11) is 0. The first-order valence-electron chi connectivity index (χ1n) is 7.89. The lowest BCUT2D eigenvalue weighted by atomic mass is 10.1. The van der Waals surface area contributed by atoms with Gasteiger partial charge in [-0.2, -0.15) is 4.99 Å². The number of nitro groups is 1. The summed E-state index contributed by atoms with van der Waals surface area (Å²) < 4.78 is 2.68. The SMILES string of the molecule is C#CCn1c(=NC(=O)c2cc(Cl)ccc2[N+](=O)[O-])sc2cc(C)c(C)cc21. The number of fused-ring (bicyclic) bond motifs is 1. The van der Waals surface area contributed by atoms with Crippen LogP contribution in [0.1, 0.15) is 21.5 Å². The van der Waals surface area contributed by atoms with Gasteiger partial charge >= 0.3 is 0 Å². The highest BCUT2D eigenvalue weighted by atomic mass is 35.5. The first kappa shape index (κ1) is 18.8. The monoisotopic (exact) mass is 399 g/mol. The molecule has 0 aliphatic rings. The number of halogens is 1. The number of aryl methyl sites for hydroxylation is 2. The largest absolute Gasteiger partial charge is 0.305 e. The standard InChI is InChI=1S/C19H14ClN3O3S/c1-4-7-22-16-8-11(2)12(3)9-17(16)27-19(22)21-18(24)14-10-13(20)5-6-15(14)23(25)26/h1,5-6,8-10H,7H2,2-3H3. The van der Waals surface area contributed by atoms with Gasteiger partial charge in [0, 0.05) is 11.1 Å². The lowest BCUT2D eigenvalue weighted by molar-refractivity contribution is -0.385. The van der Waals surface area contributed by atoms with Crippen molar-refractivity contribution in [2.75, 3.05) is 0 Å². The van der Waals surface area contributed by atoms with E-state index in [-0.39, 0.29) is 22.8 Å². The molecular weight excluding hydrogens is 386 g/mol. The molecule has 0 radical (unpaired) electrons. The lowest BCUT2D eigenvalue weighted by Crippen LogP contribution is -2.17. The quantitative estimate of drug-likeness (QED) is 0.375. The van der Waals surface area contributed by atoms with E-state index in [2.05, 4.69) is 10.9 Å². The van der Waals surface area contributed by atoms with E-state index < -0.39 is 10.8 Å². The van der Waals surface area contributed by atoms with Gasteiger partial charge in [-0.25, -0.2) is 0 Å². The number of hydrogen-bond donors (Lipinski definition) is 0. The van der Waals surface area contributed by atoms with Gasteiger partial charge in [-0.05, 0) is 49.2 Å². The molecule has 0 fully saturated rings. The molecule has 0 aliphatic heterocycles. The predicted octanol–water partition coefficient (Wildman–Crippen LogP) is 4.26. The first-order valence-corrected chi connectivity index (χ1v) is 9.08. The number of carbonyl (C=O) groups is 1. The van der Waals surface area contributed by atoms with Crippen LogP contribution in [0.4, 0.5) is 5.69 Å². The molecule has 8 heteroatoms. The molecule has 2 aromatic carbocycles. The highest BCUT2D eigenvalue weighted by Crippen LogP contribution is 2.25. The summed E-state index contributed by atoms with van der Waals surface area (Å²) in [6.07, 6.45) is 5.47. The van der Waals surface area contributed by atoms with Crippen LogP contribution in [0, 0.1) is 36.3 Å². The third-order valence-electron chi connectivity index (χ3n) is 4.13. The number of carbonyl (C=O) groups excluding carboxylic acids is 1. The molecule has 27 heavy (non-hydrogen) atoms. The Morgan fingerprint density at radius 2 is 2.04 bits per heavy atom. The van der Waals surface area contributed by atoms with Gasteiger partial charge in [0.25, 0.3) is 11.6 Å². The van der Waals surface area contributed by atoms with E-state index in [1.807, 2.05) is 26.0 Å². The number of aromatic nitrogens is 1. The number of thiazole rings is 1. The Kier molecular flexibility index (Phi) is 5.13. The van der Waals surface area contributed by atoms with Crippen LogP contribution in [0.3, 0.4) is 0 Å². The summed E-state index contributed by atoms with van der Waals surface area (Å²) in [4.78, 5) is 27.7. The molecule has 0 unspecified atom stereocenters. The minimum absolute atomic E-state index is 0.162. The van der Waals surface area contributed by atoms with E-state index in [1.165, 1.54) is 29.5 Å². The van der Waals surface area contributed by atoms with Crippen LogP contribution < -0.4 is 4.80 Å². The van der Waals surface area contributed by atoms with Crippen LogP contribution in [0.5, 0.6) is 0 Å². The van der Waals surface area contributed by atoms with Gasteiger partial charge in [-0.1, -0.05) is 28.9 Å². The maximum absolute atomic E-state index is 12.7. The van der Waals surface area contributed by atoms with E-state index in [4.69, 9.17) is 18.0 Å². The number of nitrogens with zero attached hydrogens (tertiary/aromatic N) is 3. The van der Waals surface area contributed by atoms with E-state index >= 15 is 0 Å². The molecule has 0 saturated heterocycles. The van der Waals surface area contributed by atoms with Crippen molar-refractivity contribution in [2.24, 2.45) is 4.99 Å². The summed E-state index contributed by atoms with van der Waals surface area (Å²) in [5, 5.41) is 11.4. The van der Waals surface area contributed by atoms with Crippen molar-refractivity contribution in [3.05, 3.63) is 67.0 Å². The van der Waals surface area contributed by atoms with Gasteiger partial charge in [0.1, 0.15) is 5.56 Å². The molecule has 1 amide bonds. The van der Waals surface area contributed by atoms with Gasteiger partial charge in [0.2, 0.25) is 0 Å². The second-order valence-corrected chi connectivity index (χ2v) is 7.36. The lowest BCUT2D eigenvalue weighted by Gasteiger charge is -2.03. The number of benzene rings is 2. The van der Waals surface area contributed by atoms with Gasteiger partial charge in [-0.15, -0.1) is 6.42 Å². The average molecular weight is 400 g/mol. The Labute approximate surface area is 163 Å². The van der Waals surface area contributed by atoms with Crippen molar-refractivity contribution in [3.8, 4) is 12.3 Å². The smallest absolute Gasteiger partial charge is 0.286 e. The number of hydrogen-bond acceptors (Lipinski definition) is 4. The normalized spacial score (nSPS) is 11.6. The highest BCUT2D eigenvalue weighted by Gasteiger charge is 2.20. The van der Waals surface area contributed by atoms with Crippen LogP contribution in [0.2, 0.25) is 5.02 Å². The Bertz CT molecular complexity index is 1200. The van der Waals surface area contributed by atoms with Gasteiger partial charge in [-0.3, -0.25) is 14.9 Å². The molecule has 0 saturated carbocycles. The minimum atomic E-state index is -0.741. The number of amides is 1. The van der Waals surface area contributed by atoms with Crippen LogP contribution in [0.15, 0.2) is 35.3 Å². The van der Waals surface area contributed by atoms with E-state index in [9.17, 15) is 14.9 Å². The number of rotatable bonds is 3. The average Bonchev–Trinajstić information content (AvgIpc) is 2.92. The molecule has 1 aromatic heterocycles. The van der Waals surface area contributed by atoms with Gasteiger partial charge in [0.05, 0.1) is 21.7 Å². The maximum Gasteiger partial charge on any atom is 0.286 e. The summed E-state index contributed by atoms with van der Waals surface area (Å²) >= 11 is 7.21. The fourth-order valence-electron chi connectivity index (χ4n) is 2.64. The van der Waals surface area contributed by atoms with E-state index in [1.54, 1.807) is 4.57 Å². The van der Waals surface area contributed by atoms with Gasteiger partial charge < -0.3 is 4.57 Å². The van der Waals surface area contributed by atoms with Crippen molar-refractivity contribution in [2.45, 2.75) is 20.4 Å². The zero-order chi connectivity index (χ0) is 19.7. The summed E-state index contributed by atoms with van der Waals surface area (Å²) in [5.41, 5.74) is 2.57. The van der Waals surface area contributed by atoms with Crippen LogP contribution in [-0.4, -0.2) is 15.4 Å². The highest BCUT2D eigenvalue weighted by molar-refractivity contribution is 7.16. The van der Waals surface area contributed by atoms with E-state index in [0.29, 0.717) is 4.80 Å². The molecule has 0 aliphatic carbocycles. The molecule has 3 aromatic rings. The second kappa shape index (κ2) is 7.35. The van der Waals surface area contributed by atoms with Crippen molar-refractivity contribution in [3.63, 3.8) is 0 Å². The molecule has 6 nitrogen and oxygen atoms in total. The Hall–Kier alpha value is -2.95. The molecule has 136 valence electrons. The predicted molar refractivity (Wildman–Crippen MR) is 106 cm³/mol. The third-order valence-corrected chi connectivity index (χ3v) is 5.41. The van der Waals surface area contributed by atoms with Crippen LogP contribution in [-0.2, 0) is 6.54 Å². The summed E-state index contributed by atoms with van der Waals surface area (Å²) in [6.45, 7) is 4.22. The second-order valence-electron chi connectivity index (χ2n) is 5.91.